The number of nitrogens with zero attached hydrogens (tertiary/aromatic N) is 3. The van der Waals surface area contributed by atoms with Gasteiger partial charge in [-0.15, -0.1) is 0 Å². The zero-order valence-electron chi connectivity index (χ0n) is 10.5. The molecule has 2 aromatic rings. The zero-order valence-corrected chi connectivity index (χ0v) is 10.5. The molecule has 1 N–H and O–H groups in total. The number of hydrogen-bond donors (Lipinski definition) is 1. The van der Waals surface area contributed by atoms with Crippen molar-refractivity contribution in [2.75, 3.05) is 5.32 Å². The van der Waals surface area contributed by atoms with Crippen LogP contribution in [0.25, 0.3) is 0 Å². The third-order valence-corrected chi connectivity index (χ3v) is 2.72. The van der Waals surface area contributed by atoms with E-state index in [1.54, 1.807) is 19.9 Å². The molecule has 0 saturated carbocycles. The van der Waals surface area contributed by atoms with Gasteiger partial charge in [0.1, 0.15) is 6.33 Å². The highest BCUT2D eigenvalue weighted by atomic mass is 16.6. The topological polar surface area (TPSA) is 90.1 Å². The maximum Gasteiger partial charge on any atom is 0.331 e. The van der Waals surface area contributed by atoms with Crippen molar-refractivity contribution < 1.29 is 9.72 Å². The van der Waals surface area contributed by atoms with Gasteiger partial charge in [-0.05, 0) is 25.5 Å². The number of nitro groups is 1. The average Bonchev–Trinajstić information content (AvgIpc) is 2.86. The average molecular weight is 260 g/mol. The standard InChI is InChI=1S/C12H12N4O3/c1-8-6-11(16(18)19)9(2)5-10(8)14-12(17)15-4-3-13-7-15/h3-7H,1-2H3,(H,14,17). The maximum absolute atomic E-state index is 11.8. The summed E-state index contributed by atoms with van der Waals surface area (Å²) in [6, 6.07) is 2.66. The van der Waals surface area contributed by atoms with Crippen molar-refractivity contribution in [3.8, 4) is 0 Å². The summed E-state index contributed by atoms with van der Waals surface area (Å²) in [6.45, 7) is 3.33. The van der Waals surface area contributed by atoms with E-state index in [0.717, 1.165) is 0 Å². The van der Waals surface area contributed by atoms with E-state index in [1.807, 2.05) is 0 Å². The molecule has 0 saturated heterocycles. The molecule has 7 heteroatoms. The number of aryl methyl sites for hydroxylation is 2. The van der Waals surface area contributed by atoms with Crippen LogP contribution in [-0.4, -0.2) is 20.5 Å². The second-order valence-corrected chi connectivity index (χ2v) is 4.11. The molecule has 1 aromatic carbocycles. The SMILES string of the molecule is Cc1cc([N+](=O)[O-])c(C)cc1NC(=O)n1ccnc1. The van der Waals surface area contributed by atoms with E-state index < -0.39 is 4.92 Å². The van der Waals surface area contributed by atoms with Crippen LogP contribution < -0.4 is 5.32 Å². The van der Waals surface area contributed by atoms with Gasteiger partial charge in [-0.25, -0.2) is 9.78 Å². The Morgan fingerprint density at radius 1 is 1.37 bits per heavy atom. The summed E-state index contributed by atoms with van der Waals surface area (Å²) in [4.78, 5) is 26.0. The summed E-state index contributed by atoms with van der Waals surface area (Å²) in [6.07, 6.45) is 4.39. The summed E-state index contributed by atoms with van der Waals surface area (Å²) in [5, 5.41) is 13.5. The number of nitro benzene ring substituents is 1. The Kier molecular flexibility index (Phi) is 3.28. The number of benzene rings is 1. The summed E-state index contributed by atoms with van der Waals surface area (Å²) < 4.78 is 1.29. The van der Waals surface area contributed by atoms with Crippen LogP contribution in [0.1, 0.15) is 11.1 Å². The van der Waals surface area contributed by atoms with E-state index in [9.17, 15) is 14.9 Å². The zero-order chi connectivity index (χ0) is 14.0. The fraction of sp³-hybridized carbons (Fsp3) is 0.167. The van der Waals surface area contributed by atoms with Crippen LogP contribution in [0.5, 0.6) is 0 Å². The molecule has 2 rings (SSSR count). The molecule has 98 valence electrons. The molecule has 0 aliphatic heterocycles. The van der Waals surface area contributed by atoms with Gasteiger partial charge in [-0.2, -0.15) is 0 Å². The molecule has 7 nitrogen and oxygen atoms in total. The van der Waals surface area contributed by atoms with E-state index in [2.05, 4.69) is 10.3 Å². The summed E-state index contributed by atoms with van der Waals surface area (Å²) in [5.41, 5.74) is 1.71. The number of carbonyl (C=O) groups is 1. The number of rotatable bonds is 2. The van der Waals surface area contributed by atoms with Gasteiger partial charge in [0.25, 0.3) is 5.69 Å². The van der Waals surface area contributed by atoms with E-state index in [-0.39, 0.29) is 11.7 Å². The van der Waals surface area contributed by atoms with Crippen molar-refractivity contribution in [1.29, 1.82) is 0 Å². The molecule has 0 bridgehead atoms. The second kappa shape index (κ2) is 4.89. The predicted octanol–water partition coefficient (Wildman–Crippen LogP) is 2.49. The molecule has 1 heterocycles. The maximum atomic E-state index is 11.8. The van der Waals surface area contributed by atoms with E-state index in [0.29, 0.717) is 16.8 Å². The Hall–Kier alpha value is -2.70. The first-order chi connectivity index (χ1) is 8.99. The van der Waals surface area contributed by atoms with Gasteiger partial charge in [0.05, 0.1) is 4.92 Å². The molecule has 19 heavy (non-hydrogen) atoms. The summed E-state index contributed by atoms with van der Waals surface area (Å²) in [7, 11) is 0. The molecular formula is C12H12N4O3. The van der Waals surface area contributed by atoms with Crippen molar-refractivity contribution in [1.82, 2.24) is 9.55 Å². The van der Waals surface area contributed by atoms with Gasteiger partial charge in [0, 0.05) is 29.7 Å². The minimum absolute atomic E-state index is 0.0399. The third kappa shape index (κ3) is 2.59. The number of imidazole rings is 1. The lowest BCUT2D eigenvalue weighted by Gasteiger charge is -2.09. The number of nitrogens with one attached hydrogen (secondary N) is 1. The number of aromatic nitrogens is 2. The fourth-order valence-electron chi connectivity index (χ4n) is 1.69. The Balaban J connectivity index is 2.29. The van der Waals surface area contributed by atoms with Crippen LogP contribution in [-0.2, 0) is 0 Å². The Bertz CT molecular complexity index is 635. The van der Waals surface area contributed by atoms with E-state index in [4.69, 9.17) is 0 Å². The molecule has 0 unspecified atom stereocenters. The smallest absolute Gasteiger partial charge is 0.307 e. The Labute approximate surface area is 109 Å². The highest BCUT2D eigenvalue weighted by molar-refractivity contribution is 5.92. The summed E-state index contributed by atoms with van der Waals surface area (Å²) in [5.74, 6) is 0. The fourth-order valence-corrected chi connectivity index (χ4v) is 1.69. The Morgan fingerprint density at radius 3 is 2.68 bits per heavy atom. The van der Waals surface area contributed by atoms with Crippen LogP contribution in [0.4, 0.5) is 16.2 Å². The molecule has 0 aliphatic rings. The lowest BCUT2D eigenvalue weighted by Crippen LogP contribution is -2.18. The monoisotopic (exact) mass is 260 g/mol. The molecular weight excluding hydrogens is 248 g/mol. The van der Waals surface area contributed by atoms with Gasteiger partial charge in [0.15, 0.2) is 0 Å². The minimum atomic E-state index is -0.441. The van der Waals surface area contributed by atoms with Gasteiger partial charge >= 0.3 is 6.03 Å². The van der Waals surface area contributed by atoms with Gasteiger partial charge in [-0.3, -0.25) is 14.7 Å². The number of amides is 1. The first-order valence-corrected chi connectivity index (χ1v) is 5.54. The van der Waals surface area contributed by atoms with Crippen LogP contribution in [0.2, 0.25) is 0 Å². The van der Waals surface area contributed by atoms with Crippen molar-refractivity contribution >= 4 is 17.4 Å². The first kappa shape index (κ1) is 12.7. The van der Waals surface area contributed by atoms with Crippen LogP contribution in [0.15, 0.2) is 30.9 Å². The quantitative estimate of drug-likeness (QED) is 0.663. The van der Waals surface area contributed by atoms with E-state index >= 15 is 0 Å². The van der Waals surface area contributed by atoms with Gasteiger partial charge < -0.3 is 5.32 Å². The van der Waals surface area contributed by atoms with Crippen LogP contribution in [0, 0.1) is 24.0 Å². The van der Waals surface area contributed by atoms with Crippen molar-refractivity contribution in [2.45, 2.75) is 13.8 Å². The first-order valence-electron chi connectivity index (χ1n) is 5.54. The lowest BCUT2D eigenvalue weighted by atomic mass is 10.1. The highest BCUT2D eigenvalue weighted by Crippen LogP contribution is 2.25. The Morgan fingerprint density at radius 2 is 2.11 bits per heavy atom. The normalized spacial score (nSPS) is 10.2. The largest absolute Gasteiger partial charge is 0.331 e. The molecule has 0 radical (unpaired) electrons. The molecule has 0 fully saturated rings. The molecule has 1 aromatic heterocycles. The molecule has 0 spiro atoms. The minimum Gasteiger partial charge on any atom is -0.307 e. The molecule has 1 amide bonds. The molecule has 0 aliphatic carbocycles. The second-order valence-electron chi connectivity index (χ2n) is 4.11. The molecule has 0 atom stereocenters. The highest BCUT2D eigenvalue weighted by Gasteiger charge is 2.14. The van der Waals surface area contributed by atoms with Crippen LogP contribution >= 0.6 is 0 Å². The number of anilines is 1. The van der Waals surface area contributed by atoms with Crippen molar-refractivity contribution in [2.24, 2.45) is 0 Å². The predicted molar refractivity (Wildman–Crippen MR) is 69.2 cm³/mol. The summed E-state index contributed by atoms with van der Waals surface area (Å²) >= 11 is 0. The third-order valence-electron chi connectivity index (χ3n) is 2.72. The van der Waals surface area contributed by atoms with E-state index in [1.165, 1.54) is 29.4 Å². The lowest BCUT2D eigenvalue weighted by molar-refractivity contribution is -0.385. The van der Waals surface area contributed by atoms with Gasteiger partial charge in [0.2, 0.25) is 0 Å². The van der Waals surface area contributed by atoms with Crippen molar-refractivity contribution in [3.05, 3.63) is 52.1 Å². The van der Waals surface area contributed by atoms with Crippen molar-refractivity contribution in [3.63, 3.8) is 0 Å². The number of carbonyl (C=O) groups excluding carboxylic acids is 1. The van der Waals surface area contributed by atoms with Gasteiger partial charge in [-0.1, -0.05) is 0 Å². The van der Waals surface area contributed by atoms with Crippen LogP contribution in [0.3, 0.4) is 0 Å². The number of hydrogen-bond acceptors (Lipinski definition) is 4.